The van der Waals surface area contributed by atoms with Gasteiger partial charge in [0.1, 0.15) is 0 Å². The predicted molar refractivity (Wildman–Crippen MR) is 107 cm³/mol. The molecule has 128 valence electrons. The summed E-state index contributed by atoms with van der Waals surface area (Å²) in [5, 5.41) is 5.94. The molecule has 26 heavy (non-hydrogen) atoms. The van der Waals surface area contributed by atoms with Crippen molar-refractivity contribution in [3.8, 4) is 0 Å². The van der Waals surface area contributed by atoms with E-state index in [1.807, 2.05) is 91.0 Å². The number of guanidine groups is 1. The van der Waals surface area contributed by atoms with Gasteiger partial charge in [-0.25, -0.2) is 4.99 Å². The molecule has 1 amide bonds. The number of nitrogens with zero attached hydrogens (tertiary/aromatic N) is 1. The van der Waals surface area contributed by atoms with Gasteiger partial charge in [0, 0.05) is 11.8 Å². The van der Waals surface area contributed by atoms with Crippen LogP contribution in [-0.4, -0.2) is 11.9 Å². The first-order valence-corrected chi connectivity index (χ1v) is 8.29. The lowest BCUT2D eigenvalue weighted by Gasteiger charge is -2.10. The number of nitrogens with one attached hydrogen (secondary N) is 2. The van der Waals surface area contributed by atoms with Crippen LogP contribution in [0.25, 0.3) is 6.08 Å². The van der Waals surface area contributed by atoms with Crippen molar-refractivity contribution in [1.29, 1.82) is 0 Å². The van der Waals surface area contributed by atoms with Crippen molar-refractivity contribution in [3.63, 3.8) is 0 Å². The number of rotatable bonds is 4. The summed E-state index contributed by atoms with van der Waals surface area (Å²) in [6.45, 7) is 0. The average Bonchev–Trinajstić information content (AvgIpc) is 2.69. The highest BCUT2D eigenvalue weighted by atomic mass is 16.1. The van der Waals surface area contributed by atoms with Crippen molar-refractivity contribution in [2.75, 3.05) is 5.32 Å². The highest BCUT2D eigenvalue weighted by molar-refractivity contribution is 6.09. The molecule has 2 N–H and O–H groups in total. The minimum absolute atomic E-state index is 0.257. The Balaban J connectivity index is 1.76. The molecule has 4 heteroatoms. The fourth-order valence-electron chi connectivity index (χ4n) is 2.27. The van der Waals surface area contributed by atoms with Crippen LogP contribution in [0.4, 0.5) is 11.4 Å². The smallest absolute Gasteiger partial charge is 0.250 e. The highest BCUT2D eigenvalue weighted by Crippen LogP contribution is 2.11. The van der Waals surface area contributed by atoms with E-state index >= 15 is 0 Å². The molecular formula is C22H19N3O. The zero-order valence-electron chi connectivity index (χ0n) is 14.2. The van der Waals surface area contributed by atoms with E-state index in [1.165, 1.54) is 6.08 Å². The number of carbonyl (C=O) groups excluding carboxylic acids is 1. The molecule has 0 fully saturated rings. The Morgan fingerprint density at radius 1 is 0.769 bits per heavy atom. The molecule has 3 aromatic rings. The first kappa shape index (κ1) is 17.2. The number of hydrogen-bond acceptors (Lipinski definition) is 2. The average molecular weight is 341 g/mol. The lowest BCUT2D eigenvalue weighted by Crippen LogP contribution is -2.34. The van der Waals surface area contributed by atoms with Gasteiger partial charge in [0.15, 0.2) is 0 Å². The number of hydrogen-bond donors (Lipinski definition) is 2. The van der Waals surface area contributed by atoms with Crippen LogP contribution in [0.5, 0.6) is 0 Å². The lowest BCUT2D eigenvalue weighted by molar-refractivity contribution is -0.115. The van der Waals surface area contributed by atoms with E-state index in [-0.39, 0.29) is 5.91 Å². The zero-order valence-corrected chi connectivity index (χ0v) is 14.2. The quantitative estimate of drug-likeness (QED) is 0.413. The van der Waals surface area contributed by atoms with E-state index in [0.717, 1.165) is 16.9 Å². The summed E-state index contributed by atoms with van der Waals surface area (Å²) in [6, 6.07) is 28.7. The second-order valence-corrected chi connectivity index (χ2v) is 5.52. The number of aliphatic imine (C=N–C) groups is 1. The molecule has 0 saturated carbocycles. The molecule has 0 saturated heterocycles. The number of carbonyl (C=O) groups is 1. The molecule has 3 rings (SSSR count). The van der Waals surface area contributed by atoms with Crippen molar-refractivity contribution in [3.05, 3.63) is 103 Å². The molecule has 0 aliphatic heterocycles. The van der Waals surface area contributed by atoms with E-state index in [2.05, 4.69) is 15.6 Å². The first-order chi connectivity index (χ1) is 12.8. The van der Waals surface area contributed by atoms with Crippen LogP contribution in [-0.2, 0) is 4.79 Å². The summed E-state index contributed by atoms with van der Waals surface area (Å²) in [4.78, 5) is 16.8. The van der Waals surface area contributed by atoms with Crippen molar-refractivity contribution in [1.82, 2.24) is 5.32 Å². The zero-order chi connectivity index (χ0) is 18.0. The normalized spacial score (nSPS) is 11.3. The molecule has 4 nitrogen and oxygen atoms in total. The van der Waals surface area contributed by atoms with E-state index in [1.54, 1.807) is 6.08 Å². The van der Waals surface area contributed by atoms with Gasteiger partial charge in [-0.1, -0.05) is 66.7 Å². The van der Waals surface area contributed by atoms with Crippen LogP contribution in [0.15, 0.2) is 102 Å². The molecule has 0 spiro atoms. The van der Waals surface area contributed by atoms with Gasteiger partial charge >= 0.3 is 0 Å². The molecule has 0 atom stereocenters. The highest BCUT2D eigenvalue weighted by Gasteiger charge is 2.04. The third-order valence-corrected chi connectivity index (χ3v) is 3.50. The Bertz CT molecular complexity index is 888. The number of benzene rings is 3. The summed E-state index contributed by atoms with van der Waals surface area (Å²) >= 11 is 0. The Morgan fingerprint density at radius 3 is 2.00 bits per heavy atom. The van der Waals surface area contributed by atoms with Crippen LogP contribution < -0.4 is 10.6 Å². The molecule has 3 aromatic carbocycles. The third-order valence-electron chi connectivity index (χ3n) is 3.50. The number of amides is 1. The molecule has 0 heterocycles. The van der Waals surface area contributed by atoms with Crippen molar-refractivity contribution in [2.45, 2.75) is 0 Å². The number of anilines is 1. The Labute approximate surface area is 152 Å². The summed E-state index contributed by atoms with van der Waals surface area (Å²) in [6.07, 6.45) is 3.25. The maximum absolute atomic E-state index is 12.3. The fraction of sp³-hybridized carbons (Fsp3) is 0. The van der Waals surface area contributed by atoms with E-state index in [0.29, 0.717) is 5.96 Å². The van der Waals surface area contributed by atoms with Crippen molar-refractivity contribution < 1.29 is 4.79 Å². The van der Waals surface area contributed by atoms with Gasteiger partial charge in [0.05, 0.1) is 5.69 Å². The van der Waals surface area contributed by atoms with Crippen LogP contribution >= 0.6 is 0 Å². The standard InChI is InChI=1S/C22H19N3O/c26-21(17-16-18-10-4-1-5-11-18)25-22(23-19-12-6-2-7-13-19)24-20-14-8-3-9-15-20/h1-17H,(H2,23,24,25,26). The van der Waals surface area contributed by atoms with Gasteiger partial charge in [-0.3, -0.25) is 10.1 Å². The SMILES string of the molecule is O=C(C=Cc1ccccc1)NC(=Nc1ccccc1)Nc1ccccc1. The van der Waals surface area contributed by atoms with E-state index < -0.39 is 0 Å². The fourth-order valence-corrected chi connectivity index (χ4v) is 2.27. The van der Waals surface area contributed by atoms with Crippen LogP contribution in [0.1, 0.15) is 5.56 Å². The van der Waals surface area contributed by atoms with E-state index in [4.69, 9.17) is 0 Å². The Kier molecular flexibility index (Phi) is 5.94. The minimum Gasteiger partial charge on any atom is -0.326 e. The third kappa shape index (κ3) is 5.46. The van der Waals surface area contributed by atoms with Crippen molar-refractivity contribution >= 4 is 29.3 Å². The maximum atomic E-state index is 12.3. The Hall–Kier alpha value is -3.66. The predicted octanol–water partition coefficient (Wildman–Crippen LogP) is 4.62. The molecule has 0 aliphatic carbocycles. The van der Waals surface area contributed by atoms with Crippen LogP contribution in [0, 0.1) is 0 Å². The van der Waals surface area contributed by atoms with E-state index in [9.17, 15) is 4.79 Å². The van der Waals surface area contributed by atoms with Gasteiger partial charge in [0.2, 0.25) is 5.96 Å². The first-order valence-electron chi connectivity index (χ1n) is 8.29. The monoisotopic (exact) mass is 341 g/mol. The topological polar surface area (TPSA) is 53.5 Å². The van der Waals surface area contributed by atoms with Gasteiger partial charge in [-0.15, -0.1) is 0 Å². The Morgan fingerprint density at radius 2 is 1.35 bits per heavy atom. The molecule has 0 unspecified atom stereocenters. The maximum Gasteiger partial charge on any atom is 0.250 e. The molecular weight excluding hydrogens is 322 g/mol. The summed E-state index contributed by atoms with van der Waals surface area (Å²) in [7, 11) is 0. The second-order valence-electron chi connectivity index (χ2n) is 5.52. The minimum atomic E-state index is -0.257. The molecule has 0 aromatic heterocycles. The van der Waals surface area contributed by atoms with Crippen molar-refractivity contribution in [2.24, 2.45) is 4.99 Å². The summed E-state index contributed by atoms with van der Waals surface area (Å²) in [5.74, 6) is 0.108. The molecule has 0 radical (unpaired) electrons. The van der Waals surface area contributed by atoms with Gasteiger partial charge in [-0.2, -0.15) is 0 Å². The summed E-state index contributed by atoms with van der Waals surface area (Å²) < 4.78 is 0. The molecule has 0 bridgehead atoms. The van der Waals surface area contributed by atoms with Gasteiger partial charge < -0.3 is 5.32 Å². The summed E-state index contributed by atoms with van der Waals surface area (Å²) in [5.41, 5.74) is 2.55. The number of para-hydroxylation sites is 2. The van der Waals surface area contributed by atoms with Crippen LogP contribution in [0.2, 0.25) is 0 Å². The van der Waals surface area contributed by atoms with Gasteiger partial charge in [0.25, 0.3) is 5.91 Å². The largest absolute Gasteiger partial charge is 0.326 e. The van der Waals surface area contributed by atoms with Crippen LogP contribution in [0.3, 0.4) is 0 Å². The van der Waals surface area contributed by atoms with Gasteiger partial charge in [-0.05, 0) is 35.9 Å². The molecule has 0 aliphatic rings. The lowest BCUT2D eigenvalue weighted by atomic mass is 10.2. The second kappa shape index (κ2) is 8.99.